The summed E-state index contributed by atoms with van der Waals surface area (Å²) in [4.78, 5) is 11.3. The maximum atomic E-state index is 12.7. The Balaban J connectivity index is 2.33. The second-order valence-corrected chi connectivity index (χ2v) is 7.22. The molecular weight excluding hydrogens is 347 g/mol. The maximum Gasteiger partial charge on any atom is 0.501 e. The quantitative estimate of drug-likeness (QED) is 0.834. The second kappa shape index (κ2) is 6.84. The van der Waals surface area contributed by atoms with Gasteiger partial charge < -0.3 is 10.1 Å². The molecule has 0 saturated carbocycles. The topological polar surface area (TPSA) is 72.5 Å². The van der Waals surface area contributed by atoms with Gasteiger partial charge in [0.15, 0.2) is 0 Å². The van der Waals surface area contributed by atoms with Crippen LogP contribution < -0.4 is 10.1 Å². The average molecular weight is 363 g/mol. The molecule has 0 saturated heterocycles. The van der Waals surface area contributed by atoms with Gasteiger partial charge in [-0.05, 0) is 37.5 Å². The Bertz CT molecular complexity index is 756. The highest BCUT2D eigenvalue weighted by molar-refractivity contribution is 7.92. The van der Waals surface area contributed by atoms with Gasteiger partial charge in [-0.15, -0.1) is 0 Å². The minimum atomic E-state index is -5.50. The second-order valence-electron chi connectivity index (χ2n) is 5.28. The van der Waals surface area contributed by atoms with Crippen molar-refractivity contribution in [2.75, 3.05) is 12.4 Å². The SMILES string of the molecule is COc1ccc(S(=O)(=O)C(F)(F)F)cc1NC(=O)C1CC=CCC1. The van der Waals surface area contributed by atoms with E-state index in [9.17, 15) is 26.4 Å². The summed E-state index contributed by atoms with van der Waals surface area (Å²) < 4.78 is 66.0. The Morgan fingerprint density at radius 2 is 2.00 bits per heavy atom. The molecule has 0 heterocycles. The molecule has 5 nitrogen and oxygen atoms in total. The van der Waals surface area contributed by atoms with E-state index in [-0.39, 0.29) is 23.3 Å². The standard InChI is InChI=1S/C15H16F3NO4S/c1-23-13-8-7-11(24(21,22)15(16,17)18)9-12(13)19-14(20)10-5-3-2-4-6-10/h2-3,7-10H,4-6H2,1H3,(H,19,20). The molecule has 1 aromatic carbocycles. The van der Waals surface area contributed by atoms with Gasteiger partial charge in [0.05, 0.1) is 17.7 Å². The van der Waals surface area contributed by atoms with Crippen molar-refractivity contribution in [3.63, 3.8) is 0 Å². The fourth-order valence-corrected chi connectivity index (χ4v) is 3.14. The number of alkyl halides is 3. The van der Waals surface area contributed by atoms with Crippen LogP contribution in [0.25, 0.3) is 0 Å². The van der Waals surface area contributed by atoms with Crippen molar-refractivity contribution in [3.05, 3.63) is 30.4 Å². The monoisotopic (exact) mass is 363 g/mol. The van der Waals surface area contributed by atoms with Crippen LogP contribution in [0.2, 0.25) is 0 Å². The summed E-state index contributed by atoms with van der Waals surface area (Å²) in [7, 11) is -4.23. The van der Waals surface area contributed by atoms with Crippen LogP contribution in [0.4, 0.5) is 18.9 Å². The number of methoxy groups -OCH3 is 1. The van der Waals surface area contributed by atoms with Crippen LogP contribution in [0.1, 0.15) is 19.3 Å². The number of anilines is 1. The summed E-state index contributed by atoms with van der Waals surface area (Å²) in [6.07, 6.45) is 5.67. The number of allylic oxidation sites excluding steroid dienone is 2. The van der Waals surface area contributed by atoms with Crippen molar-refractivity contribution in [2.45, 2.75) is 29.7 Å². The van der Waals surface area contributed by atoms with Gasteiger partial charge in [-0.2, -0.15) is 13.2 Å². The van der Waals surface area contributed by atoms with Gasteiger partial charge in [-0.3, -0.25) is 4.79 Å². The Labute approximate surface area is 137 Å². The number of ether oxygens (including phenoxy) is 1. The van der Waals surface area contributed by atoms with Gasteiger partial charge in [0, 0.05) is 5.92 Å². The predicted octanol–water partition coefficient (Wildman–Crippen LogP) is 3.28. The number of hydrogen-bond acceptors (Lipinski definition) is 4. The molecule has 0 aliphatic heterocycles. The van der Waals surface area contributed by atoms with E-state index in [1.54, 1.807) is 0 Å². The lowest BCUT2D eigenvalue weighted by molar-refractivity contribution is -0.120. The van der Waals surface area contributed by atoms with Crippen molar-refractivity contribution in [1.29, 1.82) is 0 Å². The number of sulfone groups is 1. The van der Waals surface area contributed by atoms with E-state index in [0.29, 0.717) is 12.8 Å². The van der Waals surface area contributed by atoms with Crippen LogP contribution in [-0.4, -0.2) is 26.9 Å². The van der Waals surface area contributed by atoms with E-state index in [0.717, 1.165) is 24.6 Å². The fraction of sp³-hybridized carbons (Fsp3) is 0.400. The van der Waals surface area contributed by atoms with E-state index in [1.807, 2.05) is 12.2 Å². The van der Waals surface area contributed by atoms with Crippen molar-refractivity contribution in [3.8, 4) is 5.75 Å². The van der Waals surface area contributed by atoms with Crippen LogP contribution >= 0.6 is 0 Å². The van der Waals surface area contributed by atoms with Crippen molar-refractivity contribution in [2.24, 2.45) is 5.92 Å². The highest BCUT2D eigenvalue weighted by Gasteiger charge is 2.47. The van der Waals surface area contributed by atoms with Crippen LogP contribution in [0, 0.1) is 5.92 Å². The highest BCUT2D eigenvalue weighted by atomic mass is 32.2. The molecule has 1 unspecified atom stereocenters. The first-order valence-electron chi connectivity index (χ1n) is 7.12. The number of rotatable bonds is 4. The normalized spacial score (nSPS) is 18.2. The molecule has 1 aliphatic rings. The third kappa shape index (κ3) is 3.72. The van der Waals surface area contributed by atoms with Gasteiger partial charge >= 0.3 is 5.51 Å². The van der Waals surface area contributed by atoms with Crippen LogP contribution in [0.15, 0.2) is 35.2 Å². The smallest absolute Gasteiger partial charge is 0.495 e. The van der Waals surface area contributed by atoms with Gasteiger partial charge in [-0.1, -0.05) is 12.2 Å². The number of amides is 1. The Hall–Kier alpha value is -2.03. The summed E-state index contributed by atoms with van der Waals surface area (Å²) in [6, 6.07) is 2.63. The van der Waals surface area contributed by atoms with Crippen LogP contribution in [0.3, 0.4) is 0 Å². The molecule has 1 N–H and O–H groups in total. The first-order valence-corrected chi connectivity index (χ1v) is 8.60. The summed E-state index contributed by atoms with van der Waals surface area (Å²) in [5.74, 6) is -0.627. The molecule has 0 spiro atoms. The van der Waals surface area contributed by atoms with Crippen LogP contribution in [-0.2, 0) is 14.6 Å². The number of halogens is 3. The third-order valence-corrected chi connectivity index (χ3v) is 5.17. The summed E-state index contributed by atoms with van der Waals surface area (Å²) >= 11 is 0. The predicted molar refractivity (Wildman–Crippen MR) is 81.3 cm³/mol. The molecular formula is C15H16F3NO4S. The Morgan fingerprint density at radius 3 is 2.54 bits per heavy atom. The van der Waals surface area contributed by atoms with E-state index < -0.39 is 20.2 Å². The van der Waals surface area contributed by atoms with Crippen molar-refractivity contribution in [1.82, 2.24) is 0 Å². The number of nitrogens with one attached hydrogen (secondary N) is 1. The lowest BCUT2D eigenvalue weighted by Gasteiger charge is -2.19. The van der Waals surface area contributed by atoms with Gasteiger partial charge in [-0.25, -0.2) is 8.42 Å². The van der Waals surface area contributed by atoms with Gasteiger partial charge in [0.1, 0.15) is 5.75 Å². The number of benzene rings is 1. The summed E-state index contributed by atoms with van der Waals surface area (Å²) in [6.45, 7) is 0. The van der Waals surface area contributed by atoms with E-state index in [1.165, 1.54) is 7.11 Å². The molecule has 24 heavy (non-hydrogen) atoms. The minimum absolute atomic E-state index is 0.0795. The summed E-state index contributed by atoms with van der Waals surface area (Å²) in [5.41, 5.74) is -5.53. The largest absolute Gasteiger partial charge is 0.501 e. The highest BCUT2D eigenvalue weighted by Crippen LogP contribution is 2.35. The van der Waals surface area contributed by atoms with E-state index in [2.05, 4.69) is 5.32 Å². The Morgan fingerprint density at radius 1 is 1.29 bits per heavy atom. The lowest BCUT2D eigenvalue weighted by Crippen LogP contribution is -2.25. The van der Waals surface area contributed by atoms with Crippen molar-refractivity contribution < 1.29 is 31.1 Å². The minimum Gasteiger partial charge on any atom is -0.495 e. The van der Waals surface area contributed by atoms with E-state index >= 15 is 0 Å². The fourth-order valence-electron chi connectivity index (χ4n) is 2.35. The van der Waals surface area contributed by atoms with Gasteiger partial charge in [0.25, 0.3) is 9.84 Å². The number of carbonyl (C=O) groups excluding carboxylic acids is 1. The molecule has 1 amide bonds. The van der Waals surface area contributed by atoms with E-state index in [4.69, 9.17) is 4.74 Å². The number of carbonyl (C=O) groups is 1. The molecule has 0 aromatic heterocycles. The van der Waals surface area contributed by atoms with Gasteiger partial charge in [0.2, 0.25) is 5.91 Å². The third-order valence-electron chi connectivity index (χ3n) is 3.68. The molecule has 2 rings (SSSR count). The zero-order valence-electron chi connectivity index (χ0n) is 12.8. The van der Waals surface area contributed by atoms with Crippen molar-refractivity contribution >= 4 is 21.4 Å². The molecule has 132 valence electrons. The average Bonchev–Trinajstić information content (AvgIpc) is 2.54. The molecule has 0 radical (unpaired) electrons. The maximum absolute atomic E-state index is 12.7. The molecule has 1 atom stereocenters. The Kier molecular flexibility index (Phi) is 5.22. The lowest BCUT2D eigenvalue weighted by atomic mass is 9.93. The zero-order valence-corrected chi connectivity index (χ0v) is 13.6. The number of hydrogen-bond donors (Lipinski definition) is 1. The zero-order chi connectivity index (χ0) is 18.0. The molecule has 0 bridgehead atoms. The summed E-state index contributed by atoms with van der Waals surface area (Å²) in [5, 5.41) is 2.47. The first kappa shape index (κ1) is 18.3. The molecule has 0 fully saturated rings. The molecule has 1 aliphatic carbocycles. The first-order chi connectivity index (χ1) is 11.2. The molecule has 1 aromatic rings. The van der Waals surface area contributed by atoms with Crippen LogP contribution in [0.5, 0.6) is 5.75 Å². The molecule has 9 heteroatoms.